The largest absolute Gasteiger partial charge is 0.363 e. The second-order valence-corrected chi connectivity index (χ2v) is 54.0. The zero-order valence-corrected chi connectivity index (χ0v) is 90.9. The number of likely N-dealkylation sites (tertiary alicyclic amines) is 3. The highest BCUT2D eigenvalue weighted by molar-refractivity contribution is 7.87. The lowest BCUT2D eigenvalue weighted by atomic mass is 9.85. The van der Waals surface area contributed by atoms with Crippen LogP contribution >= 0.6 is 0 Å². The van der Waals surface area contributed by atoms with Crippen LogP contribution in [0.2, 0.25) is 0 Å². The highest BCUT2D eigenvalue weighted by atomic mass is 32.2. The van der Waals surface area contributed by atoms with Gasteiger partial charge in [-0.15, -0.1) is 25.5 Å². The van der Waals surface area contributed by atoms with Gasteiger partial charge in [-0.05, 0) is 109 Å². The van der Waals surface area contributed by atoms with E-state index in [-0.39, 0.29) is 129 Å². The molecular weight excluding hydrogens is 1890 g/mol. The van der Waals surface area contributed by atoms with Crippen molar-refractivity contribution in [3.8, 4) is 12.3 Å². The monoisotopic (exact) mass is 2050 g/mol. The number of carbonyl (C=O) groups is 15. The zero-order chi connectivity index (χ0) is 108. The first-order valence-electron chi connectivity index (χ1n) is 49.4. The fraction of sp³-hybridized carbons (Fsp3) is 0.784. The summed E-state index contributed by atoms with van der Waals surface area (Å²) in [5.41, 5.74) is 0.753. The van der Waals surface area contributed by atoms with E-state index in [0.29, 0.717) is 52.1 Å². The lowest BCUT2D eigenvalue weighted by Gasteiger charge is -2.39. The first-order valence-corrected chi connectivity index (χ1v) is 53.6. The molecule has 0 aromatic rings. The minimum absolute atomic E-state index is 0.0169. The molecule has 0 radical (unpaired) electrons. The third kappa shape index (κ3) is 27.7. The van der Waals surface area contributed by atoms with Crippen molar-refractivity contribution in [3.63, 3.8) is 0 Å². The van der Waals surface area contributed by atoms with E-state index in [0.717, 1.165) is 12.8 Å². The third-order valence-corrected chi connectivity index (χ3v) is 35.7. The van der Waals surface area contributed by atoms with Gasteiger partial charge in [0.15, 0.2) is 0 Å². The first kappa shape index (κ1) is 118. The van der Waals surface area contributed by atoms with E-state index in [1.807, 2.05) is 152 Å². The second kappa shape index (κ2) is 44.6. The molecule has 800 valence electrons. The van der Waals surface area contributed by atoms with Gasteiger partial charge in [0.2, 0.25) is 52.8 Å². The normalized spacial score (nSPS) is 25.8. The number of ketones is 3. The summed E-state index contributed by atoms with van der Waals surface area (Å²) in [6.07, 6.45) is 11.4. The number of primary amides is 1. The Kier molecular flexibility index (Phi) is 37.0. The lowest BCUT2D eigenvalue weighted by molar-refractivity contribution is -0.145. The van der Waals surface area contributed by atoms with E-state index in [4.69, 9.17) is 12.2 Å². The Morgan fingerprint density at radius 2 is 0.746 bits per heavy atom. The van der Waals surface area contributed by atoms with Crippen LogP contribution in [0.15, 0.2) is 25.3 Å². The molecule has 10 fully saturated rings. The lowest BCUT2D eigenvalue weighted by Crippen LogP contribution is -2.62. The van der Waals surface area contributed by atoms with Crippen LogP contribution in [0.4, 0.5) is 14.4 Å². The molecule has 18 atom stereocenters. The topological polar surface area (TPSA) is 555 Å². The summed E-state index contributed by atoms with van der Waals surface area (Å²) in [4.78, 5) is 205. The van der Waals surface area contributed by atoms with Gasteiger partial charge in [0.05, 0.1) is 18.1 Å². The minimum Gasteiger partial charge on any atom is -0.363 e. The number of hydrogen-bond acceptors (Lipinski definition) is 21. The van der Waals surface area contributed by atoms with Crippen molar-refractivity contribution in [3.05, 3.63) is 25.3 Å². The van der Waals surface area contributed by atoms with Crippen molar-refractivity contribution in [2.75, 3.05) is 106 Å². The SMILES string of the molecule is C#CCCC(NC(=O)[C@@H]1[C@@H]2[C@H](CN1C(=O)[C@@H](NC(=O)N[C@H](CN1CCN(C)S1(=O)=O)C(C)(C)C)C(C)(C)C)C2(C)C)C(=O)C(=O)NCC=C.C=CCNC(=O)C(=O)C(CCC)NC(=O)[C@@H]1[C@@H]2[C@H](CN1C(=O)[C@@H](NC(=O)N[C@H](CN1CCN(C)S1(=O)=O)C(C)(C)C)C(C)(C)C)C2(C)C.CC(C)(C)[C@H](NC(=O)N[C@H](CN1CCNS1(=O)=O)C(C)(C)C)C(=O)N1C[C@H]2[C@@H]([C@H]1C(=O)NC(CC1CC1)C(=O)C(N)=O)C2(C)C. The number of piperidine rings is 3. The quantitative estimate of drug-likeness (QED) is 0.0241. The van der Waals surface area contributed by atoms with Crippen molar-refractivity contribution >= 4 is 119 Å². The Bertz CT molecular complexity index is 5190. The van der Waals surface area contributed by atoms with Gasteiger partial charge in [0.25, 0.3) is 48.3 Å². The maximum absolute atomic E-state index is 14.4. The molecule has 15 amide bonds. The van der Waals surface area contributed by atoms with Crippen LogP contribution in [-0.2, 0) is 88.2 Å². The zero-order valence-electron chi connectivity index (χ0n) is 88.4. The molecule has 0 aromatic carbocycles. The smallest absolute Gasteiger partial charge is 0.315 e. The number of nitrogens with two attached hydrogens (primary N) is 1. The van der Waals surface area contributed by atoms with Crippen LogP contribution in [0.25, 0.3) is 0 Å². The molecule has 0 spiro atoms. The van der Waals surface area contributed by atoms with Crippen LogP contribution in [-0.4, -0.2) is 328 Å². The Balaban J connectivity index is 0.000000261. The average molecular weight is 2060 g/mol. The molecule has 6 heterocycles. The summed E-state index contributed by atoms with van der Waals surface area (Å²) in [5.74, 6) is -5.89. The molecule has 45 heteroatoms. The maximum atomic E-state index is 14.4. The van der Waals surface area contributed by atoms with Gasteiger partial charge in [-0.3, -0.25) is 57.5 Å². The molecule has 4 aliphatic carbocycles. The van der Waals surface area contributed by atoms with Gasteiger partial charge in [-0.1, -0.05) is 205 Å². The number of hydrogen-bond donors (Lipinski definition) is 13. The van der Waals surface area contributed by atoms with E-state index < -0.39 is 224 Å². The fourth-order valence-electron chi connectivity index (χ4n) is 20.3. The molecule has 0 aromatic heterocycles. The Hall–Kier alpha value is -9.30. The number of nitrogens with one attached hydrogen (secondary N) is 12. The van der Waals surface area contributed by atoms with Crippen molar-refractivity contribution in [1.29, 1.82) is 0 Å². The number of Topliss-reactive ketones (excluding diaryl/α,β-unsaturated/α-hetero) is 3. The molecule has 3 unspecified atom stereocenters. The predicted molar refractivity (Wildman–Crippen MR) is 535 cm³/mol. The molecule has 42 nitrogen and oxygen atoms in total. The standard InChI is InChI=1S/C34H55N7O7S.C33H57N7O7S.C30H51N7O7S/c1-12-14-15-22(26(42)29(44)35-16-13-2)36-28(43)25-24-21(34(24,9)10)19-41(25)30(45)27(33(6,7)8)38-31(46)37-23(32(3,4)5)20-40-18-17-39(11)49(40,47)48;1-12-14-21(25(41)28(43)34-15-13-2)35-27(42)24-23-20(33(23,9)10)18-40(24)29(44)26(32(6,7)8)37-30(45)36-22(31(3,4)5)19-39-17-16-38(11)48(39,46)47;1-28(2,3)19(15-36-12-11-32-45(36,43)44)34-27(42)35-23(29(4,5)6)26(41)37-14-17-20(30(17,7)8)21(37)25(40)33-18(13-16-9-10-16)22(38)24(31)39/h1,13,21-25,27H,2,14-20H2,3-11H3,(H,35,44)(H,36,43)(H2,37,38,46);13,20-24,26H,2,12,14-19H2,1,3-11H3,(H,34,43)(H,35,42)(H2,36,37,45);16-21,23,32H,9-15H2,1-8H3,(H2,31,39)(H,33,40)(H2,34,35,42)/t21-,22?,23+,24-,25-,27+;20-,21?,22+,23-,24-,26+;17-,18?,19+,20-,21-,23+/m000/s1. The van der Waals surface area contributed by atoms with E-state index in [1.165, 1.54) is 62.5 Å². The summed E-state index contributed by atoms with van der Waals surface area (Å²) >= 11 is 0. The number of rotatable bonds is 37. The molecule has 6 aliphatic heterocycles. The van der Waals surface area contributed by atoms with Gasteiger partial charge >= 0.3 is 18.1 Å². The Morgan fingerprint density at radius 3 is 1.00 bits per heavy atom. The number of amides is 15. The minimum atomic E-state index is -3.64. The molecule has 4 saturated carbocycles. The van der Waals surface area contributed by atoms with E-state index >= 15 is 0 Å². The number of terminal acetylenes is 1. The second-order valence-electron chi connectivity index (χ2n) is 48.2. The molecule has 10 rings (SSSR count). The number of carbonyl (C=O) groups excluding carboxylic acids is 15. The van der Waals surface area contributed by atoms with Crippen LogP contribution in [0, 0.1) is 103 Å². The van der Waals surface area contributed by atoms with Gasteiger partial charge in [0.1, 0.15) is 36.3 Å². The van der Waals surface area contributed by atoms with E-state index in [9.17, 15) is 97.2 Å². The van der Waals surface area contributed by atoms with Crippen LogP contribution in [0.5, 0.6) is 0 Å². The van der Waals surface area contributed by atoms with E-state index in [1.54, 1.807) is 20.8 Å². The van der Waals surface area contributed by atoms with Crippen LogP contribution in [0.1, 0.15) is 218 Å². The molecule has 6 saturated heterocycles. The Labute approximate surface area is 840 Å². The van der Waals surface area contributed by atoms with Gasteiger partial charge in [0, 0.05) is 130 Å². The predicted octanol–water partition coefficient (Wildman–Crippen LogP) is 2.19. The highest BCUT2D eigenvalue weighted by Crippen LogP contribution is 2.67. The molecule has 0 bridgehead atoms. The van der Waals surface area contributed by atoms with Crippen molar-refractivity contribution in [2.45, 2.75) is 291 Å². The fourth-order valence-corrected chi connectivity index (χ4v) is 24.2. The van der Waals surface area contributed by atoms with Gasteiger partial charge in [-0.25, -0.2) is 19.1 Å². The average Bonchev–Trinajstić information content (AvgIpc) is 1.53. The summed E-state index contributed by atoms with van der Waals surface area (Å²) in [6.45, 7) is 57.6. The van der Waals surface area contributed by atoms with Crippen molar-refractivity contribution < 1.29 is 97.2 Å². The van der Waals surface area contributed by atoms with E-state index in [2.05, 4.69) is 82.3 Å². The highest BCUT2D eigenvalue weighted by Gasteiger charge is 2.73. The summed E-state index contributed by atoms with van der Waals surface area (Å²) < 4.78 is 84.8. The van der Waals surface area contributed by atoms with Crippen LogP contribution < -0.4 is 68.9 Å². The molecule has 10 aliphatic rings. The first-order chi connectivity index (χ1) is 65.0. The van der Waals surface area contributed by atoms with Gasteiger partial charge < -0.3 is 78.9 Å². The molecule has 142 heavy (non-hydrogen) atoms. The number of likely N-dealkylation sites (N-methyl/N-ethyl adjacent to an activating group) is 2. The number of fused-ring (bicyclic) bond motifs is 3. The molecule has 14 N–H and O–H groups in total. The van der Waals surface area contributed by atoms with Crippen molar-refractivity contribution in [2.24, 2.45) is 95.9 Å². The summed E-state index contributed by atoms with van der Waals surface area (Å²) in [6, 6.07) is -12.8. The van der Waals surface area contributed by atoms with Crippen molar-refractivity contribution in [1.82, 2.24) is 99.4 Å². The van der Waals surface area contributed by atoms with Crippen LogP contribution in [0.3, 0.4) is 0 Å². The van der Waals surface area contributed by atoms with Gasteiger partial charge in [-0.2, -0.15) is 46.8 Å². The number of urea groups is 3. The third-order valence-electron chi connectivity index (χ3n) is 30.2. The number of nitrogens with zero attached hydrogens (tertiary/aromatic N) is 8. The maximum Gasteiger partial charge on any atom is 0.315 e. The summed E-state index contributed by atoms with van der Waals surface area (Å²) in [5, 5.41) is 30.4. The Morgan fingerprint density at radius 1 is 0.437 bits per heavy atom. The summed E-state index contributed by atoms with van der Waals surface area (Å²) in [7, 11) is -7.88. The molecular formula is C97H163N21O21S3.